The molecule has 0 aliphatic heterocycles. The Morgan fingerprint density at radius 3 is 2.00 bits per heavy atom. The molecule has 0 saturated carbocycles. The molecule has 0 atom stereocenters. The predicted molar refractivity (Wildman–Crippen MR) is 204 cm³/mol. The summed E-state index contributed by atoms with van der Waals surface area (Å²) in [6.07, 6.45) is 0. The van der Waals surface area contributed by atoms with Crippen molar-refractivity contribution in [3.8, 4) is 33.7 Å². The number of anilines is 3. The number of hydrogen-bond donors (Lipinski definition) is 0. The molecule has 0 radical (unpaired) electrons. The molecular weight excluding hydrogens is 613 g/mol. The Balaban J connectivity index is 1.20. The number of nitrogens with zero attached hydrogens (tertiary/aromatic N) is 2. The summed E-state index contributed by atoms with van der Waals surface area (Å²) in [5.41, 5.74) is 14.5. The second-order valence-electron chi connectivity index (χ2n) is 13.6. The summed E-state index contributed by atoms with van der Waals surface area (Å²) in [5, 5.41) is 2.03. The zero-order valence-electron chi connectivity index (χ0n) is 27.7. The molecule has 1 aliphatic carbocycles. The Bertz CT molecular complexity index is 2740. The highest BCUT2D eigenvalue weighted by molar-refractivity contribution is 6.13. The van der Waals surface area contributed by atoms with Crippen LogP contribution in [0.25, 0.3) is 66.7 Å². The van der Waals surface area contributed by atoms with Gasteiger partial charge in [0.1, 0.15) is 11.1 Å². The molecule has 4 nitrogen and oxygen atoms in total. The lowest BCUT2D eigenvalue weighted by Crippen LogP contribution is -2.17. The molecule has 1 aliphatic rings. The summed E-state index contributed by atoms with van der Waals surface area (Å²) in [7, 11) is 0. The van der Waals surface area contributed by atoms with E-state index in [1.807, 2.05) is 36.4 Å². The molecule has 4 heteroatoms. The smallest absolute Gasteiger partial charge is 0.227 e. The zero-order valence-corrected chi connectivity index (χ0v) is 27.7. The van der Waals surface area contributed by atoms with Crippen LogP contribution in [-0.2, 0) is 5.41 Å². The van der Waals surface area contributed by atoms with Gasteiger partial charge in [-0.3, -0.25) is 0 Å². The third-order valence-electron chi connectivity index (χ3n) is 10.3. The lowest BCUT2D eigenvalue weighted by Gasteiger charge is -2.29. The number of furan rings is 1. The van der Waals surface area contributed by atoms with Gasteiger partial charge < -0.3 is 13.7 Å². The number of fused-ring (bicyclic) bond motifs is 7. The fourth-order valence-corrected chi connectivity index (χ4v) is 7.85. The summed E-state index contributed by atoms with van der Waals surface area (Å²) in [6.45, 7) is 4.66. The van der Waals surface area contributed by atoms with Crippen LogP contribution < -0.4 is 4.90 Å². The van der Waals surface area contributed by atoms with Gasteiger partial charge in [-0.2, -0.15) is 0 Å². The minimum absolute atomic E-state index is 0.141. The average molecular weight is 645 g/mol. The van der Waals surface area contributed by atoms with E-state index >= 15 is 0 Å². The van der Waals surface area contributed by atoms with Gasteiger partial charge >= 0.3 is 0 Å². The van der Waals surface area contributed by atoms with Gasteiger partial charge in [-0.25, -0.2) is 4.98 Å². The monoisotopic (exact) mass is 644 g/mol. The molecule has 10 rings (SSSR count). The molecule has 0 saturated heterocycles. The van der Waals surface area contributed by atoms with E-state index in [4.69, 9.17) is 13.8 Å². The first kappa shape index (κ1) is 28.6. The van der Waals surface area contributed by atoms with Crippen molar-refractivity contribution in [2.75, 3.05) is 4.90 Å². The number of rotatable bonds is 5. The van der Waals surface area contributed by atoms with Crippen molar-refractivity contribution in [1.29, 1.82) is 0 Å². The zero-order chi connectivity index (χ0) is 33.4. The number of hydrogen-bond acceptors (Lipinski definition) is 4. The fraction of sp³-hybridized carbons (Fsp3) is 0.0652. The molecule has 0 amide bonds. The standard InChI is InChI=1S/C46H32N2O2/c1-46(2)37-21-11-9-19-33(37)34-25-24-31(26-38(34)46)48(40-22-12-10-18-32(40)29-14-5-3-6-15-29)41-23-13-20-35-36-27-39-43(28-42(36)49-44(35)41)50-45(47-39)30-16-7-4-8-17-30/h3-28H,1-2H3. The second kappa shape index (κ2) is 10.8. The first-order valence-corrected chi connectivity index (χ1v) is 17.0. The van der Waals surface area contributed by atoms with Crippen molar-refractivity contribution in [2.45, 2.75) is 19.3 Å². The predicted octanol–water partition coefficient (Wildman–Crippen LogP) is 12.8. The van der Waals surface area contributed by atoms with Crippen molar-refractivity contribution in [1.82, 2.24) is 4.98 Å². The van der Waals surface area contributed by atoms with Gasteiger partial charge in [-0.1, -0.05) is 123 Å². The third-order valence-corrected chi connectivity index (χ3v) is 10.3. The SMILES string of the molecule is CC1(C)c2ccccc2-c2ccc(N(c3ccccc3-c3ccccc3)c3cccc4c3oc3cc5oc(-c6ccccc6)nc5cc34)cc21. The maximum Gasteiger partial charge on any atom is 0.227 e. The Morgan fingerprint density at radius 1 is 0.500 bits per heavy atom. The van der Waals surface area contributed by atoms with Crippen molar-refractivity contribution >= 4 is 50.1 Å². The minimum Gasteiger partial charge on any atom is -0.454 e. The minimum atomic E-state index is -0.141. The van der Waals surface area contributed by atoms with Gasteiger partial charge in [0.15, 0.2) is 11.2 Å². The van der Waals surface area contributed by atoms with Crippen LogP contribution in [-0.4, -0.2) is 4.98 Å². The summed E-state index contributed by atoms with van der Waals surface area (Å²) in [4.78, 5) is 7.23. The fourth-order valence-electron chi connectivity index (χ4n) is 7.85. The first-order valence-electron chi connectivity index (χ1n) is 17.0. The Labute approximate surface area is 289 Å². The van der Waals surface area contributed by atoms with E-state index in [0.29, 0.717) is 11.5 Å². The molecule has 50 heavy (non-hydrogen) atoms. The van der Waals surface area contributed by atoms with Crippen LogP contribution in [0.4, 0.5) is 17.1 Å². The highest BCUT2D eigenvalue weighted by atomic mass is 16.4. The number of oxazole rings is 1. The van der Waals surface area contributed by atoms with Crippen molar-refractivity contribution in [3.63, 3.8) is 0 Å². The van der Waals surface area contributed by atoms with Crippen molar-refractivity contribution in [2.24, 2.45) is 0 Å². The van der Waals surface area contributed by atoms with Crippen LogP contribution in [0.1, 0.15) is 25.0 Å². The lowest BCUT2D eigenvalue weighted by molar-refractivity contribution is 0.617. The first-order chi connectivity index (χ1) is 24.5. The average Bonchev–Trinajstić information content (AvgIpc) is 3.82. The van der Waals surface area contributed by atoms with E-state index in [0.717, 1.165) is 61.2 Å². The van der Waals surface area contributed by atoms with Crippen molar-refractivity contribution in [3.05, 3.63) is 169 Å². The Morgan fingerprint density at radius 2 is 1.18 bits per heavy atom. The van der Waals surface area contributed by atoms with Gasteiger partial charge in [0.25, 0.3) is 0 Å². The van der Waals surface area contributed by atoms with Gasteiger partial charge in [0.05, 0.1) is 11.4 Å². The van der Waals surface area contributed by atoms with Crippen LogP contribution in [0.2, 0.25) is 0 Å². The molecule has 2 heterocycles. The van der Waals surface area contributed by atoms with E-state index in [1.165, 1.54) is 22.3 Å². The molecule has 0 fully saturated rings. The van der Waals surface area contributed by atoms with E-state index in [-0.39, 0.29) is 5.41 Å². The van der Waals surface area contributed by atoms with Crippen LogP contribution in [0, 0.1) is 0 Å². The maximum atomic E-state index is 6.83. The molecule has 0 bridgehead atoms. The highest BCUT2D eigenvalue weighted by Gasteiger charge is 2.36. The number of benzene rings is 7. The summed E-state index contributed by atoms with van der Waals surface area (Å²) in [5.74, 6) is 0.601. The maximum absolute atomic E-state index is 6.83. The van der Waals surface area contributed by atoms with E-state index in [1.54, 1.807) is 0 Å². The molecule has 2 aromatic heterocycles. The van der Waals surface area contributed by atoms with Gasteiger partial charge in [-0.15, -0.1) is 0 Å². The molecule has 0 N–H and O–H groups in total. The quantitative estimate of drug-likeness (QED) is 0.187. The normalized spacial score (nSPS) is 13.2. The van der Waals surface area contributed by atoms with E-state index < -0.39 is 0 Å². The molecule has 0 spiro atoms. The molecule has 238 valence electrons. The largest absolute Gasteiger partial charge is 0.454 e. The number of aromatic nitrogens is 1. The highest BCUT2D eigenvalue weighted by Crippen LogP contribution is 2.52. The molecule has 0 unspecified atom stereocenters. The Kier molecular flexibility index (Phi) is 6.19. The molecular formula is C46H32N2O2. The molecule has 9 aromatic rings. The van der Waals surface area contributed by atoms with E-state index in [2.05, 4.69) is 140 Å². The number of para-hydroxylation sites is 2. The summed E-state index contributed by atoms with van der Waals surface area (Å²) in [6, 6.07) is 55.4. The van der Waals surface area contributed by atoms with Gasteiger partial charge in [0.2, 0.25) is 5.89 Å². The lowest BCUT2D eigenvalue weighted by atomic mass is 9.82. The van der Waals surface area contributed by atoms with E-state index in [9.17, 15) is 0 Å². The summed E-state index contributed by atoms with van der Waals surface area (Å²) < 4.78 is 13.1. The van der Waals surface area contributed by atoms with Crippen molar-refractivity contribution < 1.29 is 8.83 Å². The van der Waals surface area contributed by atoms with Crippen LogP contribution in [0.3, 0.4) is 0 Å². The van der Waals surface area contributed by atoms with Crippen LogP contribution >= 0.6 is 0 Å². The second-order valence-corrected chi connectivity index (χ2v) is 13.6. The van der Waals surface area contributed by atoms with Crippen LogP contribution in [0.5, 0.6) is 0 Å². The van der Waals surface area contributed by atoms with Gasteiger partial charge in [-0.05, 0) is 70.3 Å². The van der Waals surface area contributed by atoms with Crippen LogP contribution in [0.15, 0.2) is 167 Å². The van der Waals surface area contributed by atoms with Gasteiger partial charge in [0, 0.05) is 39.1 Å². The topological polar surface area (TPSA) is 42.4 Å². The summed E-state index contributed by atoms with van der Waals surface area (Å²) >= 11 is 0. The third kappa shape index (κ3) is 4.28. The Hall–Kier alpha value is -6.39. The molecule has 7 aromatic carbocycles.